The molecule has 4 aromatic rings. The lowest BCUT2D eigenvalue weighted by Crippen LogP contribution is -2.01. The summed E-state index contributed by atoms with van der Waals surface area (Å²) in [5.74, 6) is 1.95. The van der Waals surface area contributed by atoms with Gasteiger partial charge in [0.05, 0.1) is 12.5 Å². The van der Waals surface area contributed by atoms with E-state index in [-0.39, 0.29) is 5.75 Å². The number of hydrogen-bond donors (Lipinski definition) is 1. The quantitative estimate of drug-likeness (QED) is 0.582. The predicted molar refractivity (Wildman–Crippen MR) is 101 cm³/mol. The van der Waals surface area contributed by atoms with Crippen molar-refractivity contribution < 1.29 is 9.84 Å². The van der Waals surface area contributed by atoms with Gasteiger partial charge in [0.25, 0.3) is 0 Å². The van der Waals surface area contributed by atoms with Crippen molar-refractivity contribution in [3.63, 3.8) is 0 Å². The van der Waals surface area contributed by atoms with Gasteiger partial charge in [0.1, 0.15) is 10.7 Å². The van der Waals surface area contributed by atoms with E-state index in [1.165, 1.54) is 30.4 Å². The smallest absolute Gasteiger partial charge is 0.182 e. The summed E-state index contributed by atoms with van der Waals surface area (Å²) in [7, 11) is 1.53. The molecular formula is C19H18N4O2S. The summed E-state index contributed by atoms with van der Waals surface area (Å²) in [6, 6.07) is 5.16. The molecule has 0 atom stereocenters. The van der Waals surface area contributed by atoms with Crippen molar-refractivity contribution in [2.24, 2.45) is 0 Å². The first-order valence-electron chi connectivity index (χ1n) is 8.70. The van der Waals surface area contributed by atoms with E-state index in [0.29, 0.717) is 11.6 Å². The van der Waals surface area contributed by atoms with Gasteiger partial charge in [-0.3, -0.25) is 0 Å². The SMILES string of the molecule is COc1cc(-c2nc3c4c5c(sc4nc(C)n3n2)CCCC5)ccc1O. The van der Waals surface area contributed by atoms with Crippen molar-refractivity contribution in [3.05, 3.63) is 34.5 Å². The summed E-state index contributed by atoms with van der Waals surface area (Å²) in [5, 5.41) is 15.7. The zero-order valence-corrected chi connectivity index (χ0v) is 15.4. The third-order valence-electron chi connectivity index (χ3n) is 4.99. The number of rotatable bonds is 2. The van der Waals surface area contributed by atoms with Gasteiger partial charge in [-0.2, -0.15) is 4.52 Å². The summed E-state index contributed by atoms with van der Waals surface area (Å²) in [4.78, 5) is 12.1. The molecule has 1 aliphatic carbocycles. The highest BCUT2D eigenvalue weighted by Gasteiger charge is 2.22. The van der Waals surface area contributed by atoms with Crippen LogP contribution in [0.3, 0.4) is 0 Å². The number of methoxy groups -OCH3 is 1. The largest absolute Gasteiger partial charge is 0.504 e. The normalized spacial score (nSPS) is 14.1. The standard InChI is InChI=1S/C19H18N4O2S/c1-10-20-19-16(12-5-3-4-6-15(12)26-19)18-21-17(22-23(10)18)11-7-8-13(24)14(9-11)25-2/h7-9,24H,3-6H2,1-2H3. The molecule has 6 nitrogen and oxygen atoms in total. The number of phenolic OH excluding ortho intramolecular Hbond substituents is 1. The van der Waals surface area contributed by atoms with E-state index in [2.05, 4.69) is 5.10 Å². The van der Waals surface area contributed by atoms with E-state index in [0.717, 1.165) is 40.1 Å². The van der Waals surface area contributed by atoms with E-state index in [1.54, 1.807) is 29.5 Å². The monoisotopic (exact) mass is 366 g/mol. The molecule has 132 valence electrons. The summed E-state index contributed by atoms with van der Waals surface area (Å²) < 4.78 is 7.05. The molecule has 0 amide bonds. The Morgan fingerprint density at radius 3 is 2.88 bits per heavy atom. The lowest BCUT2D eigenvalue weighted by Gasteiger charge is -2.10. The van der Waals surface area contributed by atoms with Gasteiger partial charge in [-0.25, -0.2) is 9.97 Å². The molecular weight excluding hydrogens is 348 g/mol. The van der Waals surface area contributed by atoms with Crippen molar-refractivity contribution in [2.75, 3.05) is 7.11 Å². The van der Waals surface area contributed by atoms with Crippen molar-refractivity contribution in [2.45, 2.75) is 32.6 Å². The lowest BCUT2D eigenvalue weighted by atomic mass is 9.97. The summed E-state index contributed by atoms with van der Waals surface area (Å²) in [6.45, 7) is 1.96. The number of aromatic nitrogens is 4. The number of benzene rings is 1. The fraction of sp³-hybridized carbons (Fsp3) is 0.316. The van der Waals surface area contributed by atoms with Gasteiger partial charge in [-0.05, 0) is 56.4 Å². The van der Waals surface area contributed by atoms with Gasteiger partial charge in [-0.1, -0.05) is 0 Å². The molecule has 0 saturated heterocycles. The highest BCUT2D eigenvalue weighted by molar-refractivity contribution is 7.19. The Morgan fingerprint density at radius 2 is 2.04 bits per heavy atom. The highest BCUT2D eigenvalue weighted by Crippen LogP contribution is 2.38. The number of ether oxygens (including phenoxy) is 1. The van der Waals surface area contributed by atoms with Crippen LogP contribution in [0.2, 0.25) is 0 Å². The molecule has 0 aliphatic heterocycles. The molecule has 0 fully saturated rings. The van der Waals surface area contributed by atoms with E-state index >= 15 is 0 Å². The molecule has 26 heavy (non-hydrogen) atoms. The Balaban J connectivity index is 1.78. The maximum Gasteiger partial charge on any atom is 0.182 e. The van der Waals surface area contributed by atoms with Crippen LogP contribution in [0.1, 0.15) is 29.1 Å². The second kappa shape index (κ2) is 5.67. The molecule has 1 aliphatic rings. The van der Waals surface area contributed by atoms with Gasteiger partial charge in [-0.15, -0.1) is 16.4 Å². The molecule has 0 bridgehead atoms. The minimum absolute atomic E-state index is 0.104. The molecule has 1 aromatic carbocycles. The third kappa shape index (κ3) is 2.20. The topological polar surface area (TPSA) is 72.5 Å². The van der Waals surface area contributed by atoms with Gasteiger partial charge >= 0.3 is 0 Å². The molecule has 1 N–H and O–H groups in total. The van der Waals surface area contributed by atoms with Gasteiger partial charge in [0, 0.05) is 10.4 Å². The minimum atomic E-state index is 0.104. The van der Waals surface area contributed by atoms with Crippen molar-refractivity contribution in [1.29, 1.82) is 0 Å². The Bertz CT molecular complexity index is 1160. The number of phenols is 1. The molecule has 5 rings (SSSR count). The molecule has 7 heteroatoms. The summed E-state index contributed by atoms with van der Waals surface area (Å²) in [6.07, 6.45) is 4.69. The minimum Gasteiger partial charge on any atom is -0.504 e. The Kier molecular flexibility index (Phi) is 3.40. The summed E-state index contributed by atoms with van der Waals surface area (Å²) >= 11 is 1.80. The third-order valence-corrected chi connectivity index (χ3v) is 6.18. The van der Waals surface area contributed by atoms with Crippen molar-refractivity contribution in [1.82, 2.24) is 19.6 Å². The fourth-order valence-electron chi connectivity index (χ4n) is 3.69. The molecule has 0 unspecified atom stereocenters. The maximum absolute atomic E-state index is 9.83. The fourth-order valence-corrected chi connectivity index (χ4v) is 5.00. The summed E-state index contributed by atoms with van der Waals surface area (Å²) in [5.41, 5.74) is 3.07. The Morgan fingerprint density at radius 1 is 1.19 bits per heavy atom. The van der Waals surface area contributed by atoms with Gasteiger partial charge in [0.2, 0.25) is 0 Å². The first-order valence-corrected chi connectivity index (χ1v) is 9.52. The predicted octanol–water partition coefficient (Wildman–Crippen LogP) is 3.91. The maximum atomic E-state index is 9.83. The second-order valence-corrected chi connectivity index (χ2v) is 7.69. The van der Waals surface area contributed by atoms with Crippen LogP contribution < -0.4 is 4.74 Å². The number of fused-ring (bicyclic) bond motifs is 5. The molecule has 0 radical (unpaired) electrons. The van der Waals surface area contributed by atoms with Crippen LogP contribution in [0.15, 0.2) is 18.2 Å². The van der Waals surface area contributed by atoms with E-state index in [9.17, 15) is 5.11 Å². The number of hydrogen-bond acceptors (Lipinski definition) is 6. The van der Waals surface area contributed by atoms with Crippen molar-refractivity contribution in [3.8, 4) is 22.9 Å². The van der Waals surface area contributed by atoms with Crippen LogP contribution in [0.25, 0.3) is 27.3 Å². The van der Waals surface area contributed by atoms with Crippen LogP contribution in [0.4, 0.5) is 0 Å². The van der Waals surface area contributed by atoms with Crippen LogP contribution >= 0.6 is 11.3 Å². The van der Waals surface area contributed by atoms with E-state index in [1.807, 2.05) is 11.4 Å². The average Bonchev–Trinajstić information content (AvgIpc) is 3.23. The number of nitrogens with zero attached hydrogens (tertiary/aromatic N) is 4. The second-order valence-electron chi connectivity index (χ2n) is 6.61. The molecule has 3 aromatic heterocycles. The number of thiophene rings is 1. The Hall–Kier alpha value is -2.67. The highest BCUT2D eigenvalue weighted by atomic mass is 32.1. The number of aryl methyl sites for hydroxylation is 3. The lowest BCUT2D eigenvalue weighted by molar-refractivity contribution is 0.373. The van der Waals surface area contributed by atoms with Crippen molar-refractivity contribution >= 4 is 27.2 Å². The van der Waals surface area contributed by atoms with Gasteiger partial charge < -0.3 is 9.84 Å². The zero-order valence-electron chi connectivity index (χ0n) is 14.6. The van der Waals surface area contributed by atoms with Gasteiger partial charge in [0.15, 0.2) is 23.0 Å². The molecule has 3 heterocycles. The van der Waals surface area contributed by atoms with Crippen LogP contribution in [0, 0.1) is 6.92 Å². The average molecular weight is 366 g/mol. The number of aromatic hydroxyl groups is 1. The first kappa shape index (κ1) is 15.6. The molecule has 0 saturated carbocycles. The zero-order chi connectivity index (χ0) is 17.8. The van der Waals surface area contributed by atoms with Crippen LogP contribution in [-0.4, -0.2) is 31.8 Å². The van der Waals surface area contributed by atoms with Crippen LogP contribution in [0.5, 0.6) is 11.5 Å². The Labute approximate surface area is 154 Å². The first-order chi connectivity index (χ1) is 12.7. The van der Waals surface area contributed by atoms with Crippen LogP contribution in [-0.2, 0) is 12.8 Å². The van der Waals surface area contributed by atoms with E-state index in [4.69, 9.17) is 14.7 Å². The molecule has 0 spiro atoms. The van der Waals surface area contributed by atoms with E-state index < -0.39 is 0 Å².